The van der Waals surface area contributed by atoms with Crippen LogP contribution in [0.2, 0.25) is 0 Å². The van der Waals surface area contributed by atoms with Crippen LogP contribution in [0, 0.1) is 0 Å². The van der Waals surface area contributed by atoms with E-state index < -0.39 is 0 Å². The molecule has 2 rings (SSSR count). The molecule has 22 heavy (non-hydrogen) atoms. The smallest absolute Gasteiger partial charge is 0.143 e. The van der Waals surface area contributed by atoms with E-state index in [-0.39, 0.29) is 5.41 Å². The summed E-state index contributed by atoms with van der Waals surface area (Å²) in [5.74, 6) is 0. The lowest BCUT2D eigenvalue weighted by molar-refractivity contribution is -0.104. The van der Waals surface area contributed by atoms with Gasteiger partial charge in [-0.2, -0.15) is 0 Å². The first kappa shape index (κ1) is 16.5. The van der Waals surface area contributed by atoms with E-state index in [1.54, 1.807) is 6.08 Å². The van der Waals surface area contributed by atoms with Crippen LogP contribution in [-0.4, -0.2) is 6.29 Å². The molecular formula is C21H26O. The number of carbonyl (C=O) groups excluding carboxylic acids is 1. The summed E-state index contributed by atoms with van der Waals surface area (Å²) in [5, 5.41) is 0. The van der Waals surface area contributed by atoms with Crippen molar-refractivity contribution in [3.8, 4) is 0 Å². The van der Waals surface area contributed by atoms with E-state index in [1.165, 1.54) is 41.5 Å². The second-order valence-corrected chi connectivity index (χ2v) is 6.86. The average molecular weight is 294 g/mol. The van der Waals surface area contributed by atoms with Gasteiger partial charge in [-0.05, 0) is 72.4 Å². The van der Waals surface area contributed by atoms with E-state index in [9.17, 15) is 4.79 Å². The van der Waals surface area contributed by atoms with Gasteiger partial charge in [-0.25, -0.2) is 0 Å². The minimum atomic E-state index is 0.281. The first-order valence-electron chi connectivity index (χ1n) is 8.05. The average Bonchev–Trinajstić information content (AvgIpc) is 2.47. The highest BCUT2D eigenvalue weighted by Crippen LogP contribution is 2.37. The Morgan fingerprint density at radius 1 is 1.18 bits per heavy atom. The van der Waals surface area contributed by atoms with Gasteiger partial charge in [-0.3, -0.25) is 4.79 Å². The van der Waals surface area contributed by atoms with Crippen LogP contribution in [0.4, 0.5) is 0 Å². The Balaban J connectivity index is 2.26. The number of hydrogen-bond acceptors (Lipinski definition) is 1. The van der Waals surface area contributed by atoms with Gasteiger partial charge < -0.3 is 0 Å². The quantitative estimate of drug-likeness (QED) is 0.412. The van der Waals surface area contributed by atoms with E-state index in [0.717, 1.165) is 11.9 Å². The van der Waals surface area contributed by atoms with Crippen LogP contribution in [0.1, 0.15) is 57.2 Å². The maximum Gasteiger partial charge on any atom is 0.143 e. The van der Waals surface area contributed by atoms with Gasteiger partial charge >= 0.3 is 0 Å². The van der Waals surface area contributed by atoms with Gasteiger partial charge in [0.05, 0.1) is 0 Å². The molecular weight excluding hydrogens is 268 g/mol. The third-order valence-electron chi connectivity index (χ3n) is 4.58. The zero-order valence-corrected chi connectivity index (χ0v) is 14.1. The van der Waals surface area contributed by atoms with Gasteiger partial charge in [0.25, 0.3) is 0 Å². The number of rotatable bonds is 4. The minimum absolute atomic E-state index is 0.281. The summed E-state index contributed by atoms with van der Waals surface area (Å²) in [6.45, 7) is 8.76. The first-order chi connectivity index (χ1) is 10.4. The molecule has 0 bridgehead atoms. The molecule has 0 N–H and O–H groups in total. The SMILES string of the molecule is CC(/C=C/C=C(\C)c1ccc2c(c1)C(C)(C)CCC2)=C\C=O. The summed E-state index contributed by atoms with van der Waals surface area (Å²) in [7, 11) is 0. The fourth-order valence-corrected chi connectivity index (χ4v) is 3.13. The second-order valence-electron chi connectivity index (χ2n) is 6.86. The zero-order valence-electron chi connectivity index (χ0n) is 14.1. The Bertz CT molecular complexity index is 642. The van der Waals surface area contributed by atoms with Gasteiger partial charge in [0.15, 0.2) is 0 Å². The molecule has 0 aliphatic heterocycles. The van der Waals surface area contributed by atoms with Crippen LogP contribution in [-0.2, 0) is 16.6 Å². The predicted molar refractivity (Wildman–Crippen MR) is 95.0 cm³/mol. The summed E-state index contributed by atoms with van der Waals surface area (Å²) in [4.78, 5) is 10.4. The van der Waals surface area contributed by atoms with Crippen LogP contribution in [0.5, 0.6) is 0 Å². The highest BCUT2D eigenvalue weighted by Gasteiger charge is 2.27. The molecule has 1 aromatic carbocycles. The number of fused-ring (bicyclic) bond motifs is 1. The molecule has 0 saturated heterocycles. The maximum atomic E-state index is 10.4. The van der Waals surface area contributed by atoms with E-state index in [2.05, 4.69) is 45.0 Å². The van der Waals surface area contributed by atoms with E-state index >= 15 is 0 Å². The maximum absolute atomic E-state index is 10.4. The van der Waals surface area contributed by atoms with Crippen molar-refractivity contribution in [1.29, 1.82) is 0 Å². The normalized spacial score (nSPS) is 18.4. The largest absolute Gasteiger partial charge is 0.299 e. The molecule has 1 heteroatoms. The lowest BCUT2D eigenvalue weighted by atomic mass is 9.72. The standard InChI is InChI=1S/C21H26O/c1-16(12-14-22)7-5-8-17(2)19-11-10-18-9-6-13-21(3,4)20(18)15-19/h5,7-8,10-12,14-15H,6,9,13H2,1-4H3/b7-5+,16-12+,17-8+. The number of benzene rings is 1. The molecule has 0 unspecified atom stereocenters. The molecule has 0 radical (unpaired) electrons. The van der Waals surface area contributed by atoms with Crippen molar-refractivity contribution in [2.24, 2.45) is 0 Å². The molecule has 0 aromatic heterocycles. The predicted octanol–water partition coefficient (Wildman–Crippen LogP) is 5.41. The van der Waals surface area contributed by atoms with Crippen LogP contribution in [0.15, 0.2) is 48.1 Å². The lowest BCUT2D eigenvalue weighted by Crippen LogP contribution is -2.23. The third kappa shape index (κ3) is 3.85. The van der Waals surface area contributed by atoms with Crippen molar-refractivity contribution in [2.45, 2.75) is 52.4 Å². The molecule has 116 valence electrons. The lowest BCUT2D eigenvalue weighted by Gasteiger charge is -2.33. The Labute approximate surface area is 134 Å². The fraction of sp³-hybridized carbons (Fsp3) is 0.381. The Kier molecular flexibility index (Phi) is 5.18. The fourth-order valence-electron chi connectivity index (χ4n) is 3.13. The van der Waals surface area contributed by atoms with Crippen molar-refractivity contribution < 1.29 is 4.79 Å². The first-order valence-corrected chi connectivity index (χ1v) is 8.05. The highest BCUT2D eigenvalue weighted by molar-refractivity contribution is 5.68. The Morgan fingerprint density at radius 3 is 2.68 bits per heavy atom. The molecule has 1 aromatic rings. The van der Waals surface area contributed by atoms with Crippen molar-refractivity contribution in [1.82, 2.24) is 0 Å². The molecule has 0 spiro atoms. The van der Waals surface area contributed by atoms with E-state index in [0.29, 0.717) is 0 Å². The van der Waals surface area contributed by atoms with Crippen LogP contribution in [0.3, 0.4) is 0 Å². The minimum Gasteiger partial charge on any atom is -0.299 e. The summed E-state index contributed by atoms with van der Waals surface area (Å²) < 4.78 is 0. The highest BCUT2D eigenvalue weighted by atomic mass is 16.1. The molecule has 0 amide bonds. The second kappa shape index (κ2) is 6.91. The van der Waals surface area contributed by atoms with Crippen molar-refractivity contribution in [3.63, 3.8) is 0 Å². The number of hydrogen-bond donors (Lipinski definition) is 0. The van der Waals surface area contributed by atoms with E-state index in [4.69, 9.17) is 0 Å². The monoisotopic (exact) mass is 294 g/mol. The van der Waals surface area contributed by atoms with Crippen molar-refractivity contribution in [2.75, 3.05) is 0 Å². The molecule has 1 aliphatic carbocycles. The summed E-state index contributed by atoms with van der Waals surface area (Å²) in [6.07, 6.45) is 12.2. The topological polar surface area (TPSA) is 17.1 Å². The number of aryl methyl sites for hydroxylation is 1. The number of allylic oxidation sites excluding steroid dienone is 6. The van der Waals surface area contributed by atoms with Gasteiger partial charge in [0.2, 0.25) is 0 Å². The Hall–Kier alpha value is -1.89. The summed E-state index contributed by atoms with van der Waals surface area (Å²) >= 11 is 0. The molecule has 1 nitrogen and oxygen atoms in total. The molecule has 0 heterocycles. The molecule has 1 aliphatic rings. The molecule has 0 atom stereocenters. The molecule has 0 saturated carbocycles. The third-order valence-corrected chi connectivity index (χ3v) is 4.58. The van der Waals surface area contributed by atoms with Crippen LogP contribution >= 0.6 is 0 Å². The Morgan fingerprint density at radius 2 is 1.95 bits per heavy atom. The number of aldehydes is 1. The zero-order chi connectivity index (χ0) is 16.2. The van der Waals surface area contributed by atoms with Crippen LogP contribution < -0.4 is 0 Å². The van der Waals surface area contributed by atoms with E-state index in [1.807, 2.05) is 19.1 Å². The van der Waals surface area contributed by atoms with Gasteiger partial charge in [-0.1, -0.05) is 50.3 Å². The van der Waals surface area contributed by atoms with Gasteiger partial charge in [0, 0.05) is 0 Å². The van der Waals surface area contributed by atoms with Crippen molar-refractivity contribution >= 4 is 11.9 Å². The number of carbonyl (C=O) groups is 1. The summed E-state index contributed by atoms with van der Waals surface area (Å²) in [6, 6.07) is 6.89. The van der Waals surface area contributed by atoms with Gasteiger partial charge in [-0.15, -0.1) is 0 Å². The van der Waals surface area contributed by atoms with Crippen molar-refractivity contribution in [3.05, 3.63) is 64.8 Å². The van der Waals surface area contributed by atoms with Crippen LogP contribution in [0.25, 0.3) is 5.57 Å². The molecule has 0 fully saturated rings. The summed E-state index contributed by atoms with van der Waals surface area (Å²) in [5.41, 5.74) is 6.79. The van der Waals surface area contributed by atoms with Gasteiger partial charge in [0.1, 0.15) is 6.29 Å².